The molecule has 0 bridgehead atoms. The van der Waals surface area contributed by atoms with Gasteiger partial charge in [0, 0.05) is 0 Å². The molecule has 0 aliphatic carbocycles. The van der Waals surface area contributed by atoms with Crippen LogP contribution in [0.4, 0.5) is 0 Å². The van der Waals surface area contributed by atoms with E-state index in [4.69, 9.17) is 0 Å². The maximum atomic E-state index is 12.2. The fourth-order valence-corrected chi connectivity index (χ4v) is 2.26. The largest absolute Gasteiger partial charge is 0.507 e. The standard InChI is InChI=1S/C17H19NO2/c1-11-8-9-16(19)15(10-11)17(20)18-13(3)14-7-5-4-6-12(14)2/h4-10,13,19H,1-3H3,(H,18,20). The molecular weight excluding hydrogens is 250 g/mol. The molecular formula is C17H19NO2. The molecule has 2 aromatic carbocycles. The van der Waals surface area contributed by atoms with Gasteiger partial charge in [0.2, 0.25) is 0 Å². The van der Waals surface area contributed by atoms with Crippen molar-refractivity contribution in [3.8, 4) is 5.75 Å². The van der Waals surface area contributed by atoms with Crippen LogP contribution in [0.25, 0.3) is 0 Å². The Labute approximate surface area is 119 Å². The van der Waals surface area contributed by atoms with E-state index < -0.39 is 0 Å². The van der Waals surface area contributed by atoms with Gasteiger partial charge < -0.3 is 10.4 Å². The van der Waals surface area contributed by atoms with Crippen LogP contribution in [-0.4, -0.2) is 11.0 Å². The predicted octanol–water partition coefficient (Wildman–Crippen LogP) is 3.50. The van der Waals surface area contributed by atoms with Crippen molar-refractivity contribution in [2.75, 3.05) is 0 Å². The number of hydrogen-bond acceptors (Lipinski definition) is 2. The summed E-state index contributed by atoms with van der Waals surface area (Å²) >= 11 is 0. The average molecular weight is 269 g/mol. The molecule has 0 spiro atoms. The first kappa shape index (κ1) is 14.1. The van der Waals surface area contributed by atoms with E-state index in [-0.39, 0.29) is 17.7 Å². The number of carbonyl (C=O) groups is 1. The molecule has 3 heteroatoms. The molecule has 104 valence electrons. The number of aryl methyl sites for hydroxylation is 2. The first-order valence-corrected chi connectivity index (χ1v) is 6.65. The lowest BCUT2D eigenvalue weighted by atomic mass is 10.0. The monoisotopic (exact) mass is 269 g/mol. The van der Waals surface area contributed by atoms with Gasteiger partial charge in [-0.25, -0.2) is 0 Å². The van der Waals surface area contributed by atoms with Crippen molar-refractivity contribution in [2.24, 2.45) is 0 Å². The molecule has 1 unspecified atom stereocenters. The minimum Gasteiger partial charge on any atom is -0.507 e. The van der Waals surface area contributed by atoms with Crippen LogP contribution in [0.5, 0.6) is 5.75 Å². The van der Waals surface area contributed by atoms with Crippen molar-refractivity contribution in [3.63, 3.8) is 0 Å². The molecule has 1 amide bonds. The summed E-state index contributed by atoms with van der Waals surface area (Å²) in [6.07, 6.45) is 0. The molecule has 1 atom stereocenters. The molecule has 3 nitrogen and oxygen atoms in total. The maximum Gasteiger partial charge on any atom is 0.255 e. The Morgan fingerprint density at radius 1 is 1.15 bits per heavy atom. The van der Waals surface area contributed by atoms with Gasteiger partial charge in [0.25, 0.3) is 5.91 Å². The highest BCUT2D eigenvalue weighted by Gasteiger charge is 2.15. The average Bonchev–Trinajstić information content (AvgIpc) is 2.41. The number of nitrogens with one attached hydrogen (secondary N) is 1. The van der Waals surface area contributed by atoms with Gasteiger partial charge in [-0.05, 0) is 44.0 Å². The second kappa shape index (κ2) is 5.78. The zero-order chi connectivity index (χ0) is 14.7. The molecule has 0 aliphatic rings. The van der Waals surface area contributed by atoms with Crippen LogP contribution in [0.3, 0.4) is 0 Å². The Kier molecular flexibility index (Phi) is 4.08. The molecule has 2 N–H and O–H groups in total. The molecule has 0 saturated carbocycles. The lowest BCUT2D eigenvalue weighted by Gasteiger charge is -2.17. The van der Waals surface area contributed by atoms with E-state index in [1.165, 1.54) is 0 Å². The highest BCUT2D eigenvalue weighted by molar-refractivity contribution is 5.97. The van der Waals surface area contributed by atoms with Gasteiger partial charge in [-0.3, -0.25) is 4.79 Å². The van der Waals surface area contributed by atoms with Crippen LogP contribution in [-0.2, 0) is 0 Å². The van der Waals surface area contributed by atoms with Crippen molar-refractivity contribution < 1.29 is 9.90 Å². The quantitative estimate of drug-likeness (QED) is 0.896. The van der Waals surface area contributed by atoms with Crippen molar-refractivity contribution in [2.45, 2.75) is 26.8 Å². The van der Waals surface area contributed by atoms with Crippen molar-refractivity contribution >= 4 is 5.91 Å². The third-order valence-electron chi connectivity index (χ3n) is 3.40. The number of hydrogen-bond donors (Lipinski definition) is 2. The van der Waals surface area contributed by atoms with Gasteiger partial charge in [-0.2, -0.15) is 0 Å². The van der Waals surface area contributed by atoms with Crippen LogP contribution in [0.1, 0.15) is 40.0 Å². The van der Waals surface area contributed by atoms with E-state index in [1.807, 2.05) is 45.0 Å². The number of phenols is 1. The number of carbonyl (C=O) groups excluding carboxylic acids is 1. The summed E-state index contributed by atoms with van der Waals surface area (Å²) in [7, 11) is 0. The topological polar surface area (TPSA) is 49.3 Å². The van der Waals surface area contributed by atoms with E-state index in [1.54, 1.807) is 18.2 Å². The molecule has 0 heterocycles. The smallest absolute Gasteiger partial charge is 0.255 e. The molecule has 20 heavy (non-hydrogen) atoms. The highest BCUT2D eigenvalue weighted by Crippen LogP contribution is 2.21. The van der Waals surface area contributed by atoms with Crippen molar-refractivity contribution in [1.82, 2.24) is 5.32 Å². The zero-order valence-electron chi connectivity index (χ0n) is 12.0. The van der Waals surface area contributed by atoms with E-state index in [9.17, 15) is 9.90 Å². The number of benzene rings is 2. The third-order valence-corrected chi connectivity index (χ3v) is 3.40. The van der Waals surface area contributed by atoms with Gasteiger partial charge >= 0.3 is 0 Å². The van der Waals surface area contributed by atoms with Crippen LogP contribution in [0.2, 0.25) is 0 Å². The Morgan fingerprint density at radius 2 is 1.85 bits per heavy atom. The fourth-order valence-electron chi connectivity index (χ4n) is 2.26. The van der Waals surface area contributed by atoms with Crippen LogP contribution in [0, 0.1) is 13.8 Å². The van der Waals surface area contributed by atoms with Crippen molar-refractivity contribution in [3.05, 3.63) is 64.7 Å². The number of phenolic OH excluding ortho intramolecular Hbond substituents is 1. The number of aromatic hydroxyl groups is 1. The second-order valence-electron chi connectivity index (χ2n) is 5.07. The van der Waals surface area contributed by atoms with Gasteiger partial charge in [-0.15, -0.1) is 0 Å². The lowest BCUT2D eigenvalue weighted by Crippen LogP contribution is -2.27. The van der Waals surface area contributed by atoms with Crippen molar-refractivity contribution in [1.29, 1.82) is 0 Å². The van der Waals surface area contributed by atoms with Crippen LogP contribution in [0.15, 0.2) is 42.5 Å². The van der Waals surface area contributed by atoms with E-state index in [2.05, 4.69) is 5.32 Å². The summed E-state index contributed by atoms with van der Waals surface area (Å²) in [6.45, 7) is 5.84. The highest BCUT2D eigenvalue weighted by atomic mass is 16.3. The van der Waals surface area contributed by atoms with E-state index >= 15 is 0 Å². The number of rotatable bonds is 3. The van der Waals surface area contributed by atoms with Gasteiger partial charge in [0.15, 0.2) is 0 Å². The van der Waals surface area contributed by atoms with Gasteiger partial charge in [0.05, 0.1) is 11.6 Å². The second-order valence-corrected chi connectivity index (χ2v) is 5.07. The van der Waals surface area contributed by atoms with Gasteiger partial charge in [0.1, 0.15) is 5.75 Å². The summed E-state index contributed by atoms with van der Waals surface area (Å²) in [5.74, 6) is -0.257. The molecule has 2 rings (SSSR count). The molecule has 0 radical (unpaired) electrons. The Morgan fingerprint density at radius 3 is 2.55 bits per heavy atom. The Bertz CT molecular complexity index is 635. The maximum absolute atomic E-state index is 12.2. The zero-order valence-corrected chi connectivity index (χ0v) is 12.0. The first-order valence-electron chi connectivity index (χ1n) is 6.65. The van der Waals surface area contributed by atoms with E-state index in [0.717, 1.165) is 16.7 Å². The summed E-state index contributed by atoms with van der Waals surface area (Å²) in [5.41, 5.74) is 3.46. The van der Waals surface area contributed by atoms with Crippen LogP contribution < -0.4 is 5.32 Å². The number of amides is 1. The van der Waals surface area contributed by atoms with E-state index in [0.29, 0.717) is 5.56 Å². The van der Waals surface area contributed by atoms with Gasteiger partial charge in [-0.1, -0.05) is 35.9 Å². The molecule has 0 aliphatic heterocycles. The summed E-state index contributed by atoms with van der Waals surface area (Å²) < 4.78 is 0. The normalized spacial score (nSPS) is 11.9. The predicted molar refractivity (Wildman–Crippen MR) is 79.9 cm³/mol. The summed E-state index contributed by atoms with van der Waals surface area (Å²) in [4.78, 5) is 12.2. The Hall–Kier alpha value is -2.29. The molecule has 2 aromatic rings. The summed E-state index contributed by atoms with van der Waals surface area (Å²) in [6, 6.07) is 12.8. The lowest BCUT2D eigenvalue weighted by molar-refractivity contribution is 0.0937. The Balaban J connectivity index is 2.20. The minimum absolute atomic E-state index is 0.00471. The minimum atomic E-state index is -0.262. The molecule has 0 aromatic heterocycles. The molecule has 0 saturated heterocycles. The molecule has 0 fully saturated rings. The third kappa shape index (κ3) is 2.99. The fraction of sp³-hybridized carbons (Fsp3) is 0.235. The first-order chi connectivity index (χ1) is 9.49. The van der Waals surface area contributed by atoms with Crippen LogP contribution >= 0.6 is 0 Å². The SMILES string of the molecule is Cc1ccc(O)c(C(=O)NC(C)c2ccccc2C)c1. The summed E-state index contributed by atoms with van der Waals surface area (Å²) in [5, 5.41) is 12.7.